The molecule has 1 aromatic heterocycles. The Labute approximate surface area is 108 Å². The Morgan fingerprint density at radius 3 is 2.71 bits per heavy atom. The molecule has 96 valence electrons. The van der Waals surface area contributed by atoms with Crippen molar-refractivity contribution in [3.63, 3.8) is 0 Å². The molecule has 3 nitrogen and oxygen atoms in total. The smallest absolute Gasteiger partial charge is 0.0622 e. The fourth-order valence-electron chi connectivity index (χ4n) is 1.80. The quantitative estimate of drug-likeness (QED) is 0.814. The summed E-state index contributed by atoms with van der Waals surface area (Å²) in [6.07, 6.45) is 4.37. The molecule has 17 heavy (non-hydrogen) atoms. The summed E-state index contributed by atoms with van der Waals surface area (Å²) in [5, 5.41) is 10.6. The van der Waals surface area contributed by atoms with Gasteiger partial charge in [-0.1, -0.05) is 25.4 Å². The standard InChI is InChI=1S/C13H21ClN2O/c1-3-16(4-2)8-6-12(17)9-11-5-7-15-10-13(11)14/h5,7,10,12,17H,3-4,6,8-9H2,1-2H3. The normalized spacial score (nSPS) is 13.0. The van der Waals surface area contributed by atoms with Gasteiger partial charge in [-0.2, -0.15) is 0 Å². The van der Waals surface area contributed by atoms with Crippen LogP contribution in [0.25, 0.3) is 0 Å². The number of nitrogens with zero attached hydrogens (tertiary/aromatic N) is 2. The molecular formula is C13H21ClN2O. The molecule has 0 aliphatic rings. The Morgan fingerprint density at radius 1 is 1.41 bits per heavy atom. The SMILES string of the molecule is CCN(CC)CCC(O)Cc1ccncc1Cl. The van der Waals surface area contributed by atoms with Crippen LogP contribution in [0.15, 0.2) is 18.5 Å². The van der Waals surface area contributed by atoms with E-state index in [0.717, 1.165) is 31.6 Å². The van der Waals surface area contributed by atoms with Crippen molar-refractivity contribution in [1.82, 2.24) is 9.88 Å². The second kappa shape index (κ2) is 7.64. The van der Waals surface area contributed by atoms with Gasteiger partial charge in [0.25, 0.3) is 0 Å². The first-order valence-electron chi connectivity index (χ1n) is 6.16. The third-order valence-corrected chi connectivity index (χ3v) is 3.33. The number of aromatic nitrogens is 1. The van der Waals surface area contributed by atoms with Crippen LogP contribution in [0.4, 0.5) is 0 Å². The van der Waals surface area contributed by atoms with Gasteiger partial charge >= 0.3 is 0 Å². The summed E-state index contributed by atoms with van der Waals surface area (Å²) in [5.74, 6) is 0. The van der Waals surface area contributed by atoms with Crippen molar-refractivity contribution in [3.05, 3.63) is 29.0 Å². The lowest BCUT2D eigenvalue weighted by atomic mass is 10.1. The maximum atomic E-state index is 9.96. The van der Waals surface area contributed by atoms with E-state index in [1.165, 1.54) is 0 Å². The minimum absolute atomic E-state index is 0.338. The molecule has 1 aromatic rings. The molecule has 0 saturated heterocycles. The van der Waals surface area contributed by atoms with Gasteiger partial charge < -0.3 is 10.0 Å². The summed E-state index contributed by atoms with van der Waals surface area (Å²) in [6, 6.07) is 1.86. The zero-order valence-corrected chi connectivity index (χ0v) is 11.3. The number of hydrogen-bond donors (Lipinski definition) is 1. The van der Waals surface area contributed by atoms with Gasteiger partial charge in [-0.15, -0.1) is 0 Å². The van der Waals surface area contributed by atoms with E-state index >= 15 is 0 Å². The van der Waals surface area contributed by atoms with Crippen molar-refractivity contribution < 1.29 is 5.11 Å². The van der Waals surface area contributed by atoms with E-state index in [-0.39, 0.29) is 6.10 Å². The Hall–Kier alpha value is -0.640. The molecule has 0 aliphatic carbocycles. The van der Waals surface area contributed by atoms with Crippen LogP contribution in [0.2, 0.25) is 5.02 Å². The fourth-order valence-corrected chi connectivity index (χ4v) is 1.99. The largest absolute Gasteiger partial charge is 0.393 e. The van der Waals surface area contributed by atoms with Gasteiger partial charge in [0.05, 0.1) is 11.1 Å². The van der Waals surface area contributed by atoms with Crippen molar-refractivity contribution in [1.29, 1.82) is 0 Å². The molecule has 1 atom stereocenters. The molecule has 0 bridgehead atoms. The van der Waals surface area contributed by atoms with Gasteiger partial charge in [0.2, 0.25) is 0 Å². The van der Waals surface area contributed by atoms with Gasteiger partial charge in [-0.25, -0.2) is 0 Å². The number of aliphatic hydroxyl groups excluding tert-OH is 1. The third kappa shape index (κ3) is 5.02. The second-order valence-corrected chi connectivity index (χ2v) is 4.55. The van der Waals surface area contributed by atoms with Gasteiger partial charge in [0.1, 0.15) is 0 Å². The minimum atomic E-state index is -0.338. The van der Waals surface area contributed by atoms with Crippen LogP contribution < -0.4 is 0 Å². The molecule has 1 N–H and O–H groups in total. The lowest BCUT2D eigenvalue weighted by Gasteiger charge is -2.20. The summed E-state index contributed by atoms with van der Waals surface area (Å²) in [5.41, 5.74) is 0.966. The van der Waals surface area contributed by atoms with Crippen LogP contribution in [0.1, 0.15) is 25.8 Å². The van der Waals surface area contributed by atoms with Crippen molar-refractivity contribution in [2.75, 3.05) is 19.6 Å². The summed E-state index contributed by atoms with van der Waals surface area (Å²) in [4.78, 5) is 6.23. The first-order chi connectivity index (χ1) is 8.17. The lowest BCUT2D eigenvalue weighted by Crippen LogP contribution is -2.27. The van der Waals surface area contributed by atoms with Crippen LogP contribution in [0.5, 0.6) is 0 Å². The number of hydrogen-bond acceptors (Lipinski definition) is 3. The van der Waals surface area contributed by atoms with E-state index in [1.807, 2.05) is 6.07 Å². The molecule has 1 unspecified atom stereocenters. The molecular weight excluding hydrogens is 236 g/mol. The highest BCUT2D eigenvalue weighted by molar-refractivity contribution is 6.31. The number of halogens is 1. The van der Waals surface area contributed by atoms with E-state index in [9.17, 15) is 5.11 Å². The molecule has 4 heteroatoms. The van der Waals surface area contributed by atoms with Crippen LogP contribution in [-0.2, 0) is 6.42 Å². The van der Waals surface area contributed by atoms with Crippen LogP contribution in [0, 0.1) is 0 Å². The fraction of sp³-hybridized carbons (Fsp3) is 0.615. The highest BCUT2D eigenvalue weighted by Crippen LogP contribution is 2.16. The van der Waals surface area contributed by atoms with Gasteiger partial charge in [-0.3, -0.25) is 4.98 Å². The molecule has 0 amide bonds. The van der Waals surface area contributed by atoms with Crippen molar-refractivity contribution >= 4 is 11.6 Å². The highest BCUT2D eigenvalue weighted by Gasteiger charge is 2.10. The summed E-state index contributed by atoms with van der Waals surface area (Å²) >= 11 is 6.00. The van der Waals surface area contributed by atoms with E-state index in [4.69, 9.17) is 11.6 Å². The monoisotopic (exact) mass is 256 g/mol. The lowest BCUT2D eigenvalue weighted by molar-refractivity contribution is 0.143. The minimum Gasteiger partial charge on any atom is -0.393 e. The van der Waals surface area contributed by atoms with Crippen molar-refractivity contribution in [3.8, 4) is 0 Å². The van der Waals surface area contributed by atoms with Crippen molar-refractivity contribution in [2.45, 2.75) is 32.8 Å². The van der Waals surface area contributed by atoms with Gasteiger partial charge in [0.15, 0.2) is 0 Å². The Balaban J connectivity index is 2.39. The highest BCUT2D eigenvalue weighted by atomic mass is 35.5. The molecule has 0 radical (unpaired) electrons. The average molecular weight is 257 g/mol. The number of pyridine rings is 1. The van der Waals surface area contributed by atoms with E-state index in [2.05, 4.69) is 23.7 Å². The summed E-state index contributed by atoms with van der Waals surface area (Å²) in [7, 11) is 0. The van der Waals surface area contributed by atoms with Crippen LogP contribution in [0.3, 0.4) is 0 Å². The van der Waals surface area contributed by atoms with Gasteiger partial charge in [0, 0.05) is 18.9 Å². The zero-order valence-electron chi connectivity index (χ0n) is 10.6. The molecule has 0 fully saturated rings. The molecule has 0 aromatic carbocycles. The van der Waals surface area contributed by atoms with Crippen LogP contribution in [-0.4, -0.2) is 40.7 Å². The second-order valence-electron chi connectivity index (χ2n) is 4.14. The third-order valence-electron chi connectivity index (χ3n) is 2.98. The zero-order chi connectivity index (χ0) is 12.7. The number of aliphatic hydroxyl groups is 1. The summed E-state index contributed by atoms with van der Waals surface area (Å²) < 4.78 is 0. The first kappa shape index (κ1) is 14.4. The van der Waals surface area contributed by atoms with Gasteiger partial charge in [-0.05, 0) is 37.6 Å². The molecule has 0 saturated carbocycles. The summed E-state index contributed by atoms with van der Waals surface area (Å²) in [6.45, 7) is 7.25. The maximum absolute atomic E-state index is 9.96. The molecule has 0 aliphatic heterocycles. The van der Waals surface area contributed by atoms with Crippen molar-refractivity contribution in [2.24, 2.45) is 0 Å². The topological polar surface area (TPSA) is 36.4 Å². The maximum Gasteiger partial charge on any atom is 0.0622 e. The Kier molecular flexibility index (Phi) is 6.48. The predicted octanol–water partition coefficient (Wildman–Crippen LogP) is 2.37. The predicted molar refractivity (Wildman–Crippen MR) is 71.4 cm³/mol. The van der Waals surface area contributed by atoms with E-state index in [1.54, 1.807) is 12.4 Å². The van der Waals surface area contributed by atoms with E-state index < -0.39 is 0 Å². The average Bonchev–Trinajstić information content (AvgIpc) is 2.33. The molecule has 0 spiro atoms. The molecule has 1 rings (SSSR count). The van der Waals surface area contributed by atoms with E-state index in [0.29, 0.717) is 11.4 Å². The van der Waals surface area contributed by atoms with Crippen LogP contribution >= 0.6 is 11.6 Å². The Bertz CT molecular complexity index is 329. The number of rotatable bonds is 7. The Morgan fingerprint density at radius 2 is 2.12 bits per heavy atom. The first-order valence-corrected chi connectivity index (χ1v) is 6.54. The molecule has 1 heterocycles.